The summed E-state index contributed by atoms with van der Waals surface area (Å²) in [5.74, 6) is 2.83. The van der Waals surface area contributed by atoms with Crippen molar-refractivity contribution in [1.82, 2.24) is 19.7 Å². The van der Waals surface area contributed by atoms with Gasteiger partial charge in [0, 0.05) is 32.6 Å². The van der Waals surface area contributed by atoms with E-state index in [4.69, 9.17) is 5.73 Å². The zero-order valence-corrected chi connectivity index (χ0v) is 13.3. The molecule has 22 heavy (non-hydrogen) atoms. The third-order valence-electron chi connectivity index (χ3n) is 4.31. The van der Waals surface area contributed by atoms with Crippen molar-refractivity contribution in [3.8, 4) is 0 Å². The van der Waals surface area contributed by atoms with Crippen molar-refractivity contribution in [3.05, 3.63) is 47.5 Å². The van der Waals surface area contributed by atoms with Crippen LogP contribution < -0.4 is 5.73 Å². The smallest absolute Gasteiger partial charge is 0.146 e. The van der Waals surface area contributed by atoms with Crippen molar-refractivity contribution in [1.29, 1.82) is 0 Å². The van der Waals surface area contributed by atoms with Crippen molar-refractivity contribution in [2.75, 3.05) is 19.6 Å². The van der Waals surface area contributed by atoms with E-state index in [1.165, 1.54) is 18.4 Å². The Bertz CT molecular complexity index is 588. The molecule has 1 aliphatic rings. The van der Waals surface area contributed by atoms with Gasteiger partial charge in [0.2, 0.25) is 0 Å². The summed E-state index contributed by atoms with van der Waals surface area (Å²) in [6, 6.07) is 10.6. The van der Waals surface area contributed by atoms with Crippen LogP contribution in [0.3, 0.4) is 0 Å². The molecule has 0 amide bonds. The van der Waals surface area contributed by atoms with Gasteiger partial charge in [0.25, 0.3) is 0 Å². The molecular weight excluding hydrogens is 274 g/mol. The first kappa shape index (κ1) is 15.2. The average Bonchev–Trinajstić information content (AvgIpc) is 3.32. The topological polar surface area (TPSA) is 60.0 Å². The van der Waals surface area contributed by atoms with Crippen LogP contribution in [0, 0.1) is 0 Å². The molecule has 5 heteroatoms. The fourth-order valence-corrected chi connectivity index (χ4v) is 2.79. The summed E-state index contributed by atoms with van der Waals surface area (Å²) >= 11 is 0. The van der Waals surface area contributed by atoms with Gasteiger partial charge in [-0.1, -0.05) is 30.3 Å². The molecule has 1 fully saturated rings. The summed E-state index contributed by atoms with van der Waals surface area (Å²) < 4.78 is 2.17. The third kappa shape index (κ3) is 3.72. The first-order chi connectivity index (χ1) is 10.8. The summed E-state index contributed by atoms with van der Waals surface area (Å²) in [6.07, 6.45) is 3.55. The second-order valence-electron chi connectivity index (χ2n) is 6.11. The van der Waals surface area contributed by atoms with E-state index in [0.29, 0.717) is 12.5 Å². The Kier molecular flexibility index (Phi) is 4.85. The van der Waals surface area contributed by atoms with Crippen molar-refractivity contribution < 1.29 is 0 Å². The molecule has 1 aliphatic carbocycles. The van der Waals surface area contributed by atoms with Crippen LogP contribution in [-0.2, 0) is 20.0 Å². The number of aromatic nitrogens is 3. The molecule has 0 bridgehead atoms. The first-order valence-corrected chi connectivity index (χ1v) is 8.12. The minimum Gasteiger partial charge on any atom is -0.329 e. The lowest BCUT2D eigenvalue weighted by atomic mass is 10.1. The normalized spacial score (nSPS) is 14.7. The number of rotatable bonds is 8. The van der Waals surface area contributed by atoms with Crippen LogP contribution in [0.15, 0.2) is 30.3 Å². The molecule has 0 saturated heterocycles. The van der Waals surface area contributed by atoms with Crippen molar-refractivity contribution in [2.45, 2.75) is 31.7 Å². The maximum atomic E-state index is 5.77. The van der Waals surface area contributed by atoms with Crippen LogP contribution >= 0.6 is 0 Å². The highest BCUT2D eigenvalue weighted by molar-refractivity contribution is 5.15. The maximum absolute atomic E-state index is 5.77. The molecule has 0 spiro atoms. The van der Waals surface area contributed by atoms with E-state index in [0.717, 1.165) is 37.7 Å². The maximum Gasteiger partial charge on any atom is 0.146 e. The Labute approximate surface area is 132 Å². The van der Waals surface area contributed by atoms with E-state index < -0.39 is 0 Å². The van der Waals surface area contributed by atoms with Gasteiger partial charge in [-0.3, -0.25) is 4.90 Å². The number of nitrogens with zero attached hydrogens (tertiary/aromatic N) is 4. The lowest BCUT2D eigenvalue weighted by Gasteiger charge is -2.21. The van der Waals surface area contributed by atoms with Gasteiger partial charge in [0.15, 0.2) is 0 Å². The Morgan fingerprint density at radius 3 is 2.64 bits per heavy atom. The molecule has 0 atom stereocenters. The fourth-order valence-electron chi connectivity index (χ4n) is 2.79. The summed E-state index contributed by atoms with van der Waals surface area (Å²) in [4.78, 5) is 2.37. The van der Waals surface area contributed by atoms with Crippen LogP contribution in [0.2, 0.25) is 0 Å². The van der Waals surface area contributed by atoms with Crippen LogP contribution in [0.25, 0.3) is 0 Å². The van der Waals surface area contributed by atoms with Gasteiger partial charge in [-0.2, -0.15) is 0 Å². The van der Waals surface area contributed by atoms with Crippen molar-refractivity contribution >= 4 is 0 Å². The molecular formula is C17H25N5. The second kappa shape index (κ2) is 7.03. The standard InChI is InChI=1S/C17H25N5/c1-21-16(19-20-17(21)15-7-8-15)13-22(12-10-18)11-9-14-5-3-2-4-6-14/h2-6,15H,7-13,18H2,1H3. The molecule has 2 aromatic rings. The summed E-state index contributed by atoms with van der Waals surface area (Å²) in [5.41, 5.74) is 7.13. The third-order valence-corrected chi connectivity index (χ3v) is 4.31. The largest absolute Gasteiger partial charge is 0.329 e. The quantitative estimate of drug-likeness (QED) is 0.806. The Morgan fingerprint density at radius 2 is 1.95 bits per heavy atom. The average molecular weight is 299 g/mol. The number of hydrogen-bond donors (Lipinski definition) is 1. The van der Waals surface area contributed by atoms with E-state index in [9.17, 15) is 0 Å². The van der Waals surface area contributed by atoms with Gasteiger partial charge in [-0.25, -0.2) is 0 Å². The minimum atomic E-state index is 0.638. The predicted molar refractivity (Wildman–Crippen MR) is 87.5 cm³/mol. The Balaban J connectivity index is 1.61. The monoisotopic (exact) mass is 299 g/mol. The minimum absolute atomic E-state index is 0.638. The summed E-state index contributed by atoms with van der Waals surface area (Å²) in [7, 11) is 2.08. The molecule has 1 heterocycles. The number of hydrogen-bond acceptors (Lipinski definition) is 4. The first-order valence-electron chi connectivity index (χ1n) is 8.12. The van der Waals surface area contributed by atoms with Crippen LogP contribution in [0.1, 0.15) is 36.0 Å². The molecule has 1 aromatic heterocycles. The number of nitrogens with two attached hydrogens (primary N) is 1. The van der Waals surface area contributed by atoms with Gasteiger partial charge < -0.3 is 10.3 Å². The number of benzene rings is 1. The van der Waals surface area contributed by atoms with Gasteiger partial charge in [0.1, 0.15) is 11.6 Å². The fraction of sp³-hybridized carbons (Fsp3) is 0.529. The molecule has 2 N–H and O–H groups in total. The molecule has 0 unspecified atom stereocenters. The predicted octanol–water partition coefficient (Wildman–Crippen LogP) is 1.70. The summed E-state index contributed by atoms with van der Waals surface area (Å²) in [5, 5.41) is 8.75. The Hall–Kier alpha value is -1.72. The van der Waals surface area contributed by atoms with Crippen molar-refractivity contribution in [2.24, 2.45) is 12.8 Å². The molecule has 1 saturated carbocycles. The molecule has 3 rings (SSSR count). The van der Waals surface area contributed by atoms with Crippen LogP contribution in [0.4, 0.5) is 0 Å². The molecule has 0 aliphatic heterocycles. The molecule has 5 nitrogen and oxygen atoms in total. The van der Waals surface area contributed by atoms with E-state index in [1.54, 1.807) is 0 Å². The zero-order valence-electron chi connectivity index (χ0n) is 13.3. The SMILES string of the molecule is Cn1c(CN(CCN)CCc2ccccc2)nnc1C1CC1. The van der Waals surface area contributed by atoms with E-state index >= 15 is 0 Å². The van der Waals surface area contributed by atoms with E-state index in [-0.39, 0.29) is 0 Å². The Morgan fingerprint density at radius 1 is 1.18 bits per heavy atom. The van der Waals surface area contributed by atoms with Crippen molar-refractivity contribution in [3.63, 3.8) is 0 Å². The lowest BCUT2D eigenvalue weighted by molar-refractivity contribution is 0.266. The molecule has 1 aromatic carbocycles. The van der Waals surface area contributed by atoms with E-state index in [2.05, 4.69) is 57.0 Å². The lowest BCUT2D eigenvalue weighted by Crippen LogP contribution is -2.32. The zero-order chi connectivity index (χ0) is 15.4. The molecule has 118 valence electrons. The van der Waals surface area contributed by atoms with Gasteiger partial charge in [0.05, 0.1) is 6.54 Å². The van der Waals surface area contributed by atoms with Crippen LogP contribution in [-0.4, -0.2) is 39.3 Å². The van der Waals surface area contributed by atoms with E-state index in [1.807, 2.05) is 0 Å². The van der Waals surface area contributed by atoms with Gasteiger partial charge in [-0.05, 0) is 24.8 Å². The summed E-state index contributed by atoms with van der Waals surface area (Å²) in [6.45, 7) is 3.37. The highest BCUT2D eigenvalue weighted by atomic mass is 15.3. The highest BCUT2D eigenvalue weighted by Gasteiger charge is 2.29. The highest BCUT2D eigenvalue weighted by Crippen LogP contribution is 2.38. The second-order valence-corrected chi connectivity index (χ2v) is 6.11. The van der Waals surface area contributed by atoms with Crippen LogP contribution in [0.5, 0.6) is 0 Å². The molecule has 0 radical (unpaired) electrons. The van der Waals surface area contributed by atoms with Gasteiger partial charge in [-0.15, -0.1) is 10.2 Å². The van der Waals surface area contributed by atoms with Gasteiger partial charge >= 0.3 is 0 Å².